The lowest BCUT2D eigenvalue weighted by Crippen LogP contribution is -2.63. The number of methoxy groups -OCH3 is 3. The van der Waals surface area contributed by atoms with Gasteiger partial charge in [0.05, 0.1) is 61.9 Å². The van der Waals surface area contributed by atoms with Crippen molar-refractivity contribution in [2.24, 2.45) is 28.6 Å². The lowest BCUT2D eigenvalue weighted by atomic mass is 9.48. The van der Waals surface area contributed by atoms with Gasteiger partial charge in [0.2, 0.25) is 0 Å². The van der Waals surface area contributed by atoms with Gasteiger partial charge in [-0.3, -0.25) is 9.59 Å². The molecule has 23 heteroatoms. The van der Waals surface area contributed by atoms with Crippen LogP contribution >= 0.6 is 0 Å². The number of hydrogen-bond acceptors (Lipinski definition) is 23. The van der Waals surface area contributed by atoms with E-state index in [-0.39, 0.29) is 41.7 Å². The summed E-state index contributed by atoms with van der Waals surface area (Å²) >= 11 is 0. The van der Waals surface area contributed by atoms with E-state index < -0.39 is 160 Å². The van der Waals surface area contributed by atoms with Crippen molar-refractivity contribution in [3.63, 3.8) is 0 Å². The summed E-state index contributed by atoms with van der Waals surface area (Å²) in [5, 5.41) is 72.8. The van der Waals surface area contributed by atoms with Crippen molar-refractivity contribution in [2.75, 3.05) is 34.5 Å². The second kappa shape index (κ2) is 23.2. The van der Waals surface area contributed by atoms with E-state index >= 15 is 0 Å². The summed E-state index contributed by atoms with van der Waals surface area (Å²) in [5.74, 6) is -0.0999. The summed E-state index contributed by atoms with van der Waals surface area (Å²) in [5.41, 5.74) is 1.54. The molecule has 7 N–H and O–H groups in total. The highest BCUT2D eigenvalue weighted by molar-refractivity contribution is 6.05. The van der Waals surface area contributed by atoms with Crippen molar-refractivity contribution in [1.29, 1.82) is 0 Å². The third-order valence-electron chi connectivity index (χ3n) is 19.1. The highest BCUT2D eigenvalue weighted by atomic mass is 16.8. The number of hydrogen-bond donors (Lipinski definition) is 7. The highest BCUT2D eigenvalue weighted by Gasteiger charge is 2.68. The Morgan fingerprint density at radius 3 is 1.73 bits per heavy atom. The SMILES string of the molecule is CO[C@H]1C[C@H](O[C@H]2CC[C@@]3(C)C(=CC[C@H]4C5=CC(=O)[C@@H]6[C@@H](C)OC(=O)[C@]56CC[C@@H]43)C2)O[C@H](C)[C@H]1O[C@H]1C[C@H](OC)[C@H](O[C@@H]2C[C@@H](OC)[C@@H](O[C@@H]3O[C@H](CO[C@@H]4O[C@H](CO)[C@@H](O)[C@H](O)[C@H]4O)[C@@H](O)[C@H](O)[C@H]3O)[C@H](C)O2)[C@@H](C)O1. The molecule has 6 saturated heterocycles. The van der Waals surface area contributed by atoms with E-state index in [9.17, 15) is 45.3 Å². The van der Waals surface area contributed by atoms with E-state index in [0.29, 0.717) is 25.2 Å². The molecule has 0 aromatic heterocycles. The maximum absolute atomic E-state index is 13.4. The summed E-state index contributed by atoms with van der Waals surface area (Å²) in [6, 6.07) is 0. The van der Waals surface area contributed by atoms with Crippen LogP contribution in [-0.2, 0) is 75.9 Å². The summed E-state index contributed by atoms with van der Waals surface area (Å²) in [7, 11) is 4.73. The van der Waals surface area contributed by atoms with Crippen LogP contribution in [0.2, 0.25) is 0 Å². The fraction of sp³-hybridized carbons (Fsp3) is 0.889. The van der Waals surface area contributed by atoms with Gasteiger partial charge in [-0.25, -0.2) is 0 Å². The maximum atomic E-state index is 13.4. The van der Waals surface area contributed by atoms with Crippen LogP contribution in [0.4, 0.5) is 0 Å². The first kappa shape index (κ1) is 58.0. The van der Waals surface area contributed by atoms with Gasteiger partial charge in [0, 0.05) is 40.6 Å². The maximum Gasteiger partial charge on any atom is 0.317 e. The molecule has 10 aliphatic rings. The van der Waals surface area contributed by atoms with Crippen LogP contribution in [0.1, 0.15) is 92.4 Å². The molecule has 4 aliphatic carbocycles. The minimum atomic E-state index is -1.75. The monoisotopic (exact) mass is 1100 g/mol. The minimum absolute atomic E-state index is 0.0384. The molecule has 8 fully saturated rings. The predicted octanol–water partition coefficient (Wildman–Crippen LogP) is 0.205. The van der Waals surface area contributed by atoms with Gasteiger partial charge in [-0.05, 0) is 95.1 Å². The third-order valence-corrected chi connectivity index (χ3v) is 19.1. The first-order chi connectivity index (χ1) is 36.7. The van der Waals surface area contributed by atoms with Crippen molar-refractivity contribution >= 4 is 11.8 Å². The third kappa shape index (κ3) is 10.6. The van der Waals surface area contributed by atoms with E-state index in [4.69, 9.17) is 66.3 Å². The topological polar surface area (TPSA) is 305 Å². The normalized spacial score (nSPS) is 51.9. The number of ketones is 1. The number of ether oxygens (including phenoxy) is 14. The second-order valence-electron chi connectivity index (χ2n) is 23.4. The Morgan fingerprint density at radius 1 is 0.623 bits per heavy atom. The average Bonchev–Trinajstić information content (AvgIpc) is 4.13. The number of allylic oxidation sites excluding steroid dienone is 2. The number of carbonyl (C=O) groups excluding carboxylic acids is 2. The lowest BCUT2D eigenvalue weighted by molar-refractivity contribution is -0.362. The van der Waals surface area contributed by atoms with Gasteiger partial charge in [0.15, 0.2) is 37.2 Å². The van der Waals surface area contributed by atoms with E-state index in [2.05, 4.69) is 13.0 Å². The predicted molar refractivity (Wildman–Crippen MR) is 261 cm³/mol. The molecule has 77 heavy (non-hydrogen) atoms. The molecular formula is C54H82O23. The number of carbonyl (C=O) groups is 2. The van der Waals surface area contributed by atoms with Gasteiger partial charge < -0.3 is 102 Å². The Labute approximate surface area is 448 Å². The molecule has 6 heterocycles. The minimum Gasteiger partial charge on any atom is -0.461 e. The van der Waals surface area contributed by atoms with E-state index in [1.165, 1.54) is 12.7 Å². The zero-order valence-corrected chi connectivity index (χ0v) is 45.2. The van der Waals surface area contributed by atoms with Crippen LogP contribution in [-0.4, -0.2) is 229 Å². The zero-order valence-electron chi connectivity index (χ0n) is 45.2. The van der Waals surface area contributed by atoms with Crippen LogP contribution in [0.3, 0.4) is 0 Å². The van der Waals surface area contributed by atoms with Gasteiger partial charge in [0.1, 0.15) is 78.7 Å². The lowest BCUT2D eigenvalue weighted by Gasteiger charge is -2.55. The number of esters is 1. The number of fused-ring (bicyclic) bond motifs is 4. The standard InChI is InChI=1S/C54H82O23/c1-22-40-31(56)16-30-28-10-9-26-15-27(11-13-53(26,5)29(28)12-14-54(30,40)52(63)71-22)72-37-17-32(64-6)47(23(2)68-37)75-38-18-33(65-7)48(24(3)69-38)76-39-19-34(66-8)49(25(4)70-39)77-51-46(62)44(60)42(58)36(74-51)21-67-50-45(61)43(59)41(57)35(20-55)73-50/h9,16,22-25,27-29,32-51,55,57-62H,10-15,17-21H2,1-8H3/t22-,23-,24-,25+,27+,28-,29+,32+,33+,34-,35-,36-,37+,38+,39-,40+,41-,42-,43+,44+,45-,46-,47-,48-,49+,50-,51+,53+,54-/m1/s1. The summed E-state index contributed by atoms with van der Waals surface area (Å²) in [6.07, 6.45) is -13.4. The van der Waals surface area contributed by atoms with Gasteiger partial charge in [0.25, 0.3) is 0 Å². The van der Waals surface area contributed by atoms with E-state index in [0.717, 1.165) is 37.7 Å². The Kier molecular flexibility index (Phi) is 17.5. The Bertz CT molecular complexity index is 2150. The molecule has 29 atom stereocenters. The zero-order chi connectivity index (χ0) is 55.0. The van der Waals surface area contributed by atoms with E-state index in [1.54, 1.807) is 27.2 Å². The first-order valence-corrected chi connectivity index (χ1v) is 27.7. The molecule has 0 unspecified atom stereocenters. The largest absolute Gasteiger partial charge is 0.461 e. The Balaban J connectivity index is 0.701. The van der Waals surface area contributed by atoms with Crippen molar-refractivity contribution in [3.05, 3.63) is 23.3 Å². The van der Waals surface area contributed by atoms with Crippen molar-refractivity contribution in [2.45, 2.75) is 240 Å². The molecule has 1 spiro atoms. The number of aliphatic hydroxyl groups excluding tert-OH is 7. The van der Waals surface area contributed by atoms with E-state index in [1.807, 2.05) is 20.8 Å². The van der Waals surface area contributed by atoms with Crippen LogP contribution in [0, 0.1) is 28.6 Å². The average molecular weight is 1100 g/mol. The molecular weight excluding hydrogens is 1020 g/mol. The molecule has 6 aliphatic heterocycles. The van der Waals surface area contributed by atoms with Crippen molar-refractivity contribution in [1.82, 2.24) is 0 Å². The molecule has 0 bridgehead atoms. The first-order valence-electron chi connectivity index (χ1n) is 27.7. The van der Waals surface area contributed by atoms with Crippen LogP contribution in [0.5, 0.6) is 0 Å². The van der Waals surface area contributed by atoms with Crippen LogP contribution < -0.4 is 0 Å². The summed E-state index contributed by atoms with van der Waals surface area (Å²) < 4.78 is 85.9. The van der Waals surface area contributed by atoms with Crippen LogP contribution in [0.15, 0.2) is 23.3 Å². The molecule has 0 radical (unpaired) electrons. The molecule has 0 aromatic carbocycles. The fourth-order valence-electron chi connectivity index (χ4n) is 14.9. The quantitative estimate of drug-likeness (QED) is 0.0851. The van der Waals surface area contributed by atoms with Gasteiger partial charge in [-0.15, -0.1) is 0 Å². The second-order valence-corrected chi connectivity index (χ2v) is 23.4. The van der Waals surface area contributed by atoms with Gasteiger partial charge in [-0.2, -0.15) is 0 Å². The van der Waals surface area contributed by atoms with Gasteiger partial charge >= 0.3 is 5.97 Å². The van der Waals surface area contributed by atoms with Gasteiger partial charge in [-0.1, -0.05) is 18.6 Å². The number of rotatable bonds is 15. The molecule has 0 amide bonds. The summed E-state index contributed by atoms with van der Waals surface area (Å²) in [4.78, 5) is 26.6. The van der Waals surface area contributed by atoms with Crippen LogP contribution in [0.25, 0.3) is 0 Å². The fourth-order valence-corrected chi connectivity index (χ4v) is 14.9. The molecule has 436 valence electrons. The smallest absolute Gasteiger partial charge is 0.317 e. The molecule has 23 nitrogen and oxygen atoms in total. The van der Waals surface area contributed by atoms with Crippen molar-refractivity contribution in [3.8, 4) is 0 Å². The Hall–Kier alpha value is -2.18. The highest BCUT2D eigenvalue weighted by Crippen LogP contribution is 2.66. The summed E-state index contributed by atoms with van der Waals surface area (Å²) in [6.45, 7) is 8.55. The van der Waals surface area contributed by atoms with Crippen molar-refractivity contribution < 1.29 is 112 Å². The number of cyclic esters (lactones) is 1. The number of aliphatic hydroxyl groups is 7. The molecule has 0 aromatic rings. The molecule has 2 saturated carbocycles. The molecule has 10 rings (SSSR count). The Morgan fingerprint density at radius 2 is 1.16 bits per heavy atom.